The lowest BCUT2D eigenvalue weighted by Gasteiger charge is -2.36. The number of hydrogen-bond acceptors (Lipinski definition) is 2. The Morgan fingerprint density at radius 1 is 1.11 bits per heavy atom. The number of hydrogen-bond donors (Lipinski definition) is 1. The summed E-state index contributed by atoms with van der Waals surface area (Å²) in [7, 11) is 0. The number of nitrogens with zero attached hydrogens (tertiary/aromatic N) is 1. The van der Waals surface area contributed by atoms with Gasteiger partial charge in [-0.1, -0.05) is 37.1 Å². The molecule has 2 nitrogen and oxygen atoms in total. The van der Waals surface area contributed by atoms with Crippen molar-refractivity contribution in [2.24, 2.45) is 16.8 Å². The van der Waals surface area contributed by atoms with E-state index in [1.54, 1.807) is 0 Å². The third-order valence-electron chi connectivity index (χ3n) is 5.27. The van der Waals surface area contributed by atoms with Gasteiger partial charge in [0, 0.05) is 12.8 Å². The molecule has 0 amide bonds. The van der Waals surface area contributed by atoms with Gasteiger partial charge in [-0.15, -0.1) is 0 Å². The van der Waals surface area contributed by atoms with Crippen molar-refractivity contribution in [3.05, 3.63) is 35.4 Å². The quantitative estimate of drug-likeness (QED) is 0.815. The topological polar surface area (TPSA) is 24.4 Å². The summed E-state index contributed by atoms with van der Waals surface area (Å²) in [6, 6.07) is 9.75. The van der Waals surface area contributed by atoms with Crippen molar-refractivity contribution in [3.8, 4) is 0 Å². The fourth-order valence-electron chi connectivity index (χ4n) is 4.21. The van der Waals surface area contributed by atoms with E-state index < -0.39 is 0 Å². The van der Waals surface area contributed by atoms with Gasteiger partial charge in [-0.25, -0.2) is 0 Å². The van der Waals surface area contributed by atoms with E-state index in [1.807, 2.05) is 0 Å². The zero-order valence-electron chi connectivity index (χ0n) is 11.4. The predicted molar refractivity (Wildman–Crippen MR) is 78.4 cm³/mol. The number of nitrogens with one attached hydrogen (secondary N) is 1. The van der Waals surface area contributed by atoms with Gasteiger partial charge in [-0.2, -0.15) is 0 Å². The summed E-state index contributed by atoms with van der Waals surface area (Å²) in [5.41, 5.74) is 2.95. The molecule has 2 heteroatoms. The van der Waals surface area contributed by atoms with Crippen molar-refractivity contribution >= 4 is 6.21 Å². The average Bonchev–Trinajstić information content (AvgIpc) is 2.91. The molecule has 0 radical (unpaired) electrons. The van der Waals surface area contributed by atoms with E-state index in [2.05, 4.69) is 35.8 Å². The van der Waals surface area contributed by atoms with Crippen LogP contribution in [-0.2, 0) is 6.54 Å². The van der Waals surface area contributed by atoms with Crippen LogP contribution in [0.1, 0.15) is 49.3 Å². The molecule has 1 aromatic carbocycles. The summed E-state index contributed by atoms with van der Waals surface area (Å²) >= 11 is 0. The lowest BCUT2D eigenvalue weighted by atomic mass is 9.74. The summed E-state index contributed by atoms with van der Waals surface area (Å²) < 4.78 is 0. The molecule has 3 aliphatic rings. The van der Waals surface area contributed by atoms with Crippen LogP contribution in [-0.4, -0.2) is 12.3 Å². The van der Waals surface area contributed by atoms with E-state index in [1.165, 1.54) is 43.2 Å². The van der Waals surface area contributed by atoms with Crippen LogP contribution in [0.25, 0.3) is 0 Å². The first-order valence-corrected chi connectivity index (χ1v) is 7.76. The van der Waals surface area contributed by atoms with Crippen molar-refractivity contribution < 1.29 is 0 Å². The molecule has 1 aromatic rings. The first-order valence-electron chi connectivity index (χ1n) is 7.76. The van der Waals surface area contributed by atoms with Crippen LogP contribution in [0.5, 0.6) is 0 Å². The molecule has 0 spiro atoms. The summed E-state index contributed by atoms with van der Waals surface area (Å²) in [6.45, 7) is 1.01. The van der Waals surface area contributed by atoms with E-state index in [0.717, 1.165) is 18.4 Å². The predicted octanol–water partition coefficient (Wildman–Crippen LogP) is 3.48. The molecule has 4 rings (SSSR count). The molecule has 1 N–H and O–H groups in total. The number of benzene rings is 1. The van der Waals surface area contributed by atoms with Crippen molar-refractivity contribution in [1.29, 1.82) is 0 Å². The molecule has 1 aliphatic carbocycles. The van der Waals surface area contributed by atoms with Crippen LogP contribution in [0, 0.1) is 11.8 Å². The van der Waals surface area contributed by atoms with Gasteiger partial charge >= 0.3 is 0 Å². The minimum Gasteiger partial charge on any atom is -0.304 e. The van der Waals surface area contributed by atoms with E-state index in [4.69, 9.17) is 4.99 Å². The number of aliphatic imine (C=N–C) groups is 1. The SMILES string of the molecule is C1=NC(C2NCc3ccccc32)CC2CCCCC12. The lowest BCUT2D eigenvalue weighted by Crippen LogP contribution is -2.35. The molecule has 0 saturated heterocycles. The molecule has 4 atom stereocenters. The highest BCUT2D eigenvalue weighted by molar-refractivity contribution is 5.63. The third kappa shape index (κ3) is 2.02. The largest absolute Gasteiger partial charge is 0.304 e. The van der Waals surface area contributed by atoms with Gasteiger partial charge in [-0.05, 0) is 42.2 Å². The molecule has 4 unspecified atom stereocenters. The highest BCUT2D eigenvalue weighted by Crippen LogP contribution is 2.40. The molecule has 1 fully saturated rings. The zero-order valence-corrected chi connectivity index (χ0v) is 11.4. The maximum atomic E-state index is 4.91. The number of fused-ring (bicyclic) bond motifs is 2. The second-order valence-electron chi connectivity index (χ2n) is 6.37. The highest BCUT2D eigenvalue weighted by Gasteiger charge is 2.35. The second kappa shape index (κ2) is 4.75. The monoisotopic (exact) mass is 254 g/mol. The summed E-state index contributed by atoms with van der Waals surface area (Å²) in [4.78, 5) is 4.91. The van der Waals surface area contributed by atoms with Crippen LogP contribution in [0.15, 0.2) is 29.3 Å². The van der Waals surface area contributed by atoms with Crippen molar-refractivity contribution in [2.45, 2.75) is 50.7 Å². The molecular formula is C17H22N2. The normalized spacial score (nSPS) is 36.8. The molecule has 2 heterocycles. The van der Waals surface area contributed by atoms with Gasteiger partial charge in [0.15, 0.2) is 0 Å². The summed E-state index contributed by atoms with van der Waals surface area (Å²) in [6.07, 6.45) is 9.20. The Morgan fingerprint density at radius 3 is 3.00 bits per heavy atom. The minimum atomic E-state index is 0.454. The Hall–Kier alpha value is -1.15. The zero-order chi connectivity index (χ0) is 12.7. The van der Waals surface area contributed by atoms with E-state index in [-0.39, 0.29) is 0 Å². The van der Waals surface area contributed by atoms with Crippen LogP contribution in [0.3, 0.4) is 0 Å². The fraction of sp³-hybridized carbons (Fsp3) is 0.588. The van der Waals surface area contributed by atoms with Crippen molar-refractivity contribution in [2.75, 3.05) is 0 Å². The maximum absolute atomic E-state index is 4.91. The fourth-order valence-corrected chi connectivity index (χ4v) is 4.21. The van der Waals surface area contributed by atoms with Gasteiger partial charge in [0.25, 0.3) is 0 Å². The van der Waals surface area contributed by atoms with E-state index in [9.17, 15) is 0 Å². The lowest BCUT2D eigenvalue weighted by molar-refractivity contribution is 0.241. The van der Waals surface area contributed by atoms with Gasteiger partial charge in [0.2, 0.25) is 0 Å². The Kier molecular flexibility index (Phi) is 2.92. The standard InChI is InChI=1S/C17H22N2/c1-2-6-13-10-18-16(9-12(13)5-1)17-15-8-4-3-7-14(15)11-19-17/h3-4,7-8,10,12-13,16-17,19H,1-2,5-6,9,11H2. The van der Waals surface area contributed by atoms with Crippen LogP contribution in [0.4, 0.5) is 0 Å². The van der Waals surface area contributed by atoms with Gasteiger partial charge < -0.3 is 5.32 Å². The van der Waals surface area contributed by atoms with Crippen LogP contribution < -0.4 is 5.32 Å². The first-order chi connectivity index (χ1) is 9.42. The Morgan fingerprint density at radius 2 is 2.00 bits per heavy atom. The highest BCUT2D eigenvalue weighted by atomic mass is 15.0. The molecule has 19 heavy (non-hydrogen) atoms. The second-order valence-corrected chi connectivity index (χ2v) is 6.37. The Bertz CT molecular complexity index is 494. The van der Waals surface area contributed by atoms with Crippen LogP contribution in [0.2, 0.25) is 0 Å². The van der Waals surface area contributed by atoms with Gasteiger partial charge in [-0.3, -0.25) is 4.99 Å². The number of rotatable bonds is 1. The van der Waals surface area contributed by atoms with Gasteiger partial charge in [0.05, 0.1) is 12.1 Å². The van der Waals surface area contributed by atoms with Gasteiger partial charge in [0.1, 0.15) is 0 Å². The molecule has 0 bridgehead atoms. The van der Waals surface area contributed by atoms with Crippen LogP contribution >= 0.6 is 0 Å². The molecule has 0 aromatic heterocycles. The molecular weight excluding hydrogens is 232 g/mol. The average molecular weight is 254 g/mol. The molecule has 1 saturated carbocycles. The molecule has 2 aliphatic heterocycles. The smallest absolute Gasteiger partial charge is 0.0693 e. The summed E-state index contributed by atoms with van der Waals surface area (Å²) in [5, 5.41) is 3.67. The third-order valence-corrected chi connectivity index (χ3v) is 5.27. The maximum Gasteiger partial charge on any atom is 0.0693 e. The Balaban J connectivity index is 1.58. The Labute approximate surface area is 115 Å². The van der Waals surface area contributed by atoms with E-state index in [0.29, 0.717) is 12.1 Å². The summed E-state index contributed by atoms with van der Waals surface area (Å²) in [5.74, 6) is 1.67. The van der Waals surface area contributed by atoms with Crippen molar-refractivity contribution in [1.82, 2.24) is 5.32 Å². The van der Waals surface area contributed by atoms with E-state index >= 15 is 0 Å². The molecule has 100 valence electrons. The first kappa shape index (κ1) is 11.7. The van der Waals surface area contributed by atoms with Crippen molar-refractivity contribution in [3.63, 3.8) is 0 Å². The minimum absolute atomic E-state index is 0.454.